The average Bonchev–Trinajstić information content (AvgIpc) is 3.12. The van der Waals surface area contributed by atoms with E-state index in [0.717, 1.165) is 5.56 Å². The first kappa shape index (κ1) is 15.8. The number of methoxy groups -OCH3 is 1. The van der Waals surface area contributed by atoms with Gasteiger partial charge >= 0.3 is 0 Å². The van der Waals surface area contributed by atoms with Crippen molar-refractivity contribution in [1.29, 1.82) is 0 Å². The Morgan fingerprint density at radius 1 is 1.12 bits per heavy atom. The summed E-state index contributed by atoms with van der Waals surface area (Å²) in [4.78, 5) is 21.0. The van der Waals surface area contributed by atoms with Crippen LogP contribution in [0.25, 0.3) is 22.6 Å². The molecule has 2 aromatic heterocycles. The zero-order valence-corrected chi connectivity index (χ0v) is 14.0. The Labute approximate surface area is 149 Å². The van der Waals surface area contributed by atoms with Crippen LogP contribution in [0.4, 0.5) is 5.69 Å². The molecule has 0 aliphatic rings. The lowest BCUT2D eigenvalue weighted by Gasteiger charge is -2.09. The number of amides is 1. The number of nitrogens with zero attached hydrogens (tertiary/aromatic N) is 2. The maximum atomic E-state index is 12.5. The number of rotatable bonds is 4. The second-order valence-corrected chi connectivity index (χ2v) is 5.60. The number of aromatic nitrogens is 2. The number of hydrogen-bond donors (Lipinski definition) is 1. The second kappa shape index (κ2) is 6.68. The minimum absolute atomic E-state index is 0.249. The minimum Gasteiger partial charge on any atom is -0.496 e. The van der Waals surface area contributed by atoms with E-state index < -0.39 is 0 Å². The topological polar surface area (TPSA) is 77.2 Å². The molecule has 26 heavy (non-hydrogen) atoms. The van der Waals surface area contributed by atoms with Crippen molar-refractivity contribution in [1.82, 2.24) is 9.97 Å². The Morgan fingerprint density at radius 2 is 2.00 bits per heavy atom. The van der Waals surface area contributed by atoms with Crippen LogP contribution in [0.15, 0.2) is 71.4 Å². The number of hydrogen-bond acceptors (Lipinski definition) is 5. The highest BCUT2D eigenvalue weighted by Gasteiger charge is 2.13. The fourth-order valence-electron chi connectivity index (χ4n) is 2.66. The largest absolute Gasteiger partial charge is 0.496 e. The monoisotopic (exact) mass is 345 g/mol. The van der Waals surface area contributed by atoms with Crippen LogP contribution in [-0.4, -0.2) is 23.0 Å². The first-order chi connectivity index (χ1) is 12.7. The maximum Gasteiger partial charge on any atom is 0.259 e. The lowest BCUT2D eigenvalue weighted by atomic mass is 10.1. The van der Waals surface area contributed by atoms with Gasteiger partial charge in [0.2, 0.25) is 5.89 Å². The fraction of sp³-hybridized carbons (Fsp3) is 0.0500. The normalized spacial score (nSPS) is 10.7. The molecular weight excluding hydrogens is 330 g/mol. The third-order valence-electron chi connectivity index (χ3n) is 3.91. The lowest BCUT2D eigenvalue weighted by molar-refractivity contribution is 0.102. The van der Waals surface area contributed by atoms with Crippen molar-refractivity contribution in [3.8, 4) is 17.2 Å². The van der Waals surface area contributed by atoms with Crippen molar-refractivity contribution in [2.24, 2.45) is 0 Å². The molecule has 6 nitrogen and oxygen atoms in total. The van der Waals surface area contributed by atoms with Gasteiger partial charge in [0.1, 0.15) is 11.3 Å². The molecule has 6 heteroatoms. The third-order valence-corrected chi connectivity index (χ3v) is 3.91. The number of fused-ring (bicyclic) bond motifs is 1. The Kier molecular flexibility index (Phi) is 4.07. The van der Waals surface area contributed by atoms with E-state index in [4.69, 9.17) is 9.15 Å². The standard InChI is InChI=1S/C20H15N3O3/c1-25-17-8-3-2-7-15(17)19(24)22-14-6-4-5-13(11-14)20-23-16-12-21-10-9-18(16)26-20/h2-12H,1H3,(H,22,24). The van der Waals surface area contributed by atoms with Crippen molar-refractivity contribution < 1.29 is 13.9 Å². The molecule has 0 atom stereocenters. The highest BCUT2D eigenvalue weighted by molar-refractivity contribution is 6.06. The molecule has 2 heterocycles. The van der Waals surface area contributed by atoms with E-state index in [1.165, 1.54) is 7.11 Å². The molecule has 0 spiro atoms. The second-order valence-electron chi connectivity index (χ2n) is 5.60. The van der Waals surface area contributed by atoms with E-state index in [1.54, 1.807) is 42.7 Å². The molecule has 2 aromatic carbocycles. The van der Waals surface area contributed by atoms with Gasteiger partial charge < -0.3 is 14.5 Å². The van der Waals surface area contributed by atoms with Gasteiger partial charge in [-0.3, -0.25) is 9.78 Å². The van der Waals surface area contributed by atoms with E-state index in [-0.39, 0.29) is 5.91 Å². The molecule has 1 amide bonds. The average molecular weight is 345 g/mol. The number of nitrogens with one attached hydrogen (secondary N) is 1. The number of para-hydroxylation sites is 1. The van der Waals surface area contributed by atoms with Crippen LogP contribution < -0.4 is 10.1 Å². The van der Waals surface area contributed by atoms with Crippen molar-refractivity contribution in [3.63, 3.8) is 0 Å². The van der Waals surface area contributed by atoms with Gasteiger partial charge in [0.15, 0.2) is 5.58 Å². The number of anilines is 1. The van der Waals surface area contributed by atoms with Gasteiger partial charge in [-0.1, -0.05) is 18.2 Å². The van der Waals surface area contributed by atoms with Crippen LogP contribution in [0.1, 0.15) is 10.4 Å². The first-order valence-electron chi connectivity index (χ1n) is 8.00. The molecule has 0 aliphatic carbocycles. The van der Waals surface area contributed by atoms with Crippen LogP contribution in [0, 0.1) is 0 Å². The number of pyridine rings is 1. The zero-order valence-electron chi connectivity index (χ0n) is 14.0. The highest BCUT2D eigenvalue weighted by atomic mass is 16.5. The van der Waals surface area contributed by atoms with Crippen LogP contribution in [-0.2, 0) is 0 Å². The van der Waals surface area contributed by atoms with Crippen LogP contribution in [0.3, 0.4) is 0 Å². The Hall–Kier alpha value is -3.67. The quantitative estimate of drug-likeness (QED) is 0.601. The third kappa shape index (κ3) is 3.00. The maximum absolute atomic E-state index is 12.5. The highest BCUT2D eigenvalue weighted by Crippen LogP contribution is 2.26. The van der Waals surface area contributed by atoms with Crippen molar-refractivity contribution in [2.75, 3.05) is 12.4 Å². The molecule has 0 radical (unpaired) electrons. The van der Waals surface area contributed by atoms with Gasteiger partial charge in [-0.2, -0.15) is 0 Å². The van der Waals surface area contributed by atoms with Gasteiger partial charge in [-0.05, 0) is 30.3 Å². The van der Waals surface area contributed by atoms with Crippen LogP contribution in [0.2, 0.25) is 0 Å². The predicted octanol–water partition coefficient (Wildman–Crippen LogP) is 4.15. The number of carbonyl (C=O) groups excluding carboxylic acids is 1. The number of carbonyl (C=O) groups is 1. The summed E-state index contributed by atoms with van der Waals surface area (Å²) in [5.74, 6) is 0.746. The van der Waals surface area contributed by atoms with Gasteiger partial charge in [-0.15, -0.1) is 0 Å². The van der Waals surface area contributed by atoms with Crippen molar-refractivity contribution >= 4 is 22.7 Å². The van der Waals surface area contributed by atoms with E-state index in [2.05, 4.69) is 15.3 Å². The zero-order chi connectivity index (χ0) is 17.9. The SMILES string of the molecule is COc1ccccc1C(=O)Nc1cccc(-c2nc3cnccc3o2)c1. The minimum atomic E-state index is -0.249. The fourth-order valence-corrected chi connectivity index (χ4v) is 2.66. The summed E-state index contributed by atoms with van der Waals surface area (Å²) >= 11 is 0. The van der Waals surface area contributed by atoms with Gasteiger partial charge in [-0.25, -0.2) is 4.98 Å². The summed E-state index contributed by atoms with van der Waals surface area (Å²) in [6, 6.07) is 16.2. The number of oxazole rings is 1. The Balaban J connectivity index is 1.62. The van der Waals surface area contributed by atoms with Crippen LogP contribution >= 0.6 is 0 Å². The number of benzene rings is 2. The summed E-state index contributed by atoms with van der Waals surface area (Å²) in [5.41, 5.74) is 3.22. The van der Waals surface area contributed by atoms with Gasteiger partial charge in [0, 0.05) is 23.5 Å². The van der Waals surface area contributed by atoms with Crippen molar-refractivity contribution in [2.45, 2.75) is 0 Å². The van der Waals surface area contributed by atoms with E-state index >= 15 is 0 Å². The van der Waals surface area contributed by atoms with Gasteiger partial charge in [0.05, 0.1) is 18.9 Å². The summed E-state index contributed by atoms with van der Waals surface area (Å²) < 4.78 is 11.0. The van der Waals surface area contributed by atoms with Gasteiger partial charge in [0.25, 0.3) is 5.91 Å². The van der Waals surface area contributed by atoms with E-state index in [1.807, 2.05) is 24.3 Å². The van der Waals surface area contributed by atoms with Crippen LogP contribution in [0.5, 0.6) is 5.75 Å². The lowest BCUT2D eigenvalue weighted by Crippen LogP contribution is -2.13. The molecule has 0 aliphatic heterocycles. The molecule has 0 bridgehead atoms. The molecule has 0 saturated heterocycles. The Bertz CT molecular complexity index is 1060. The summed E-state index contributed by atoms with van der Waals surface area (Å²) in [6.07, 6.45) is 3.30. The van der Waals surface area contributed by atoms with E-state index in [9.17, 15) is 4.79 Å². The molecule has 4 rings (SSSR count). The predicted molar refractivity (Wildman–Crippen MR) is 98.2 cm³/mol. The summed E-state index contributed by atoms with van der Waals surface area (Å²) in [5, 5.41) is 2.88. The van der Waals surface area contributed by atoms with E-state index in [0.29, 0.717) is 34.0 Å². The molecule has 0 fully saturated rings. The molecule has 0 saturated carbocycles. The molecule has 0 unspecified atom stereocenters. The summed E-state index contributed by atoms with van der Waals surface area (Å²) in [6.45, 7) is 0. The summed E-state index contributed by atoms with van der Waals surface area (Å²) in [7, 11) is 1.54. The smallest absolute Gasteiger partial charge is 0.259 e. The molecule has 128 valence electrons. The van der Waals surface area contributed by atoms with Crippen molar-refractivity contribution in [3.05, 3.63) is 72.6 Å². The first-order valence-corrected chi connectivity index (χ1v) is 8.00. The molecular formula is C20H15N3O3. The number of ether oxygens (including phenoxy) is 1. The Morgan fingerprint density at radius 3 is 2.85 bits per heavy atom. The molecule has 4 aromatic rings. The molecule has 1 N–H and O–H groups in total.